The standard InChI is InChI=1S/C6H3Cl2N3O2S2/c7-2-1-3(8)6(15(9,12)13)5-4(2)10-14-11-5/h1H,(H2,9,12,13). The molecule has 1 aromatic carbocycles. The smallest absolute Gasteiger partial charge is 0.225 e. The van der Waals surface area contributed by atoms with Gasteiger partial charge in [0, 0.05) is 0 Å². The third kappa shape index (κ3) is 1.81. The Labute approximate surface area is 99.2 Å². The van der Waals surface area contributed by atoms with Gasteiger partial charge in [0.15, 0.2) is 0 Å². The van der Waals surface area contributed by atoms with Gasteiger partial charge in [0.05, 0.1) is 21.8 Å². The molecule has 0 saturated carbocycles. The first-order chi connectivity index (χ1) is 6.91. The maximum atomic E-state index is 11.3. The fourth-order valence-electron chi connectivity index (χ4n) is 1.12. The van der Waals surface area contributed by atoms with Gasteiger partial charge in [-0.1, -0.05) is 23.2 Å². The van der Waals surface area contributed by atoms with Crippen LogP contribution in [0.1, 0.15) is 0 Å². The highest BCUT2D eigenvalue weighted by Crippen LogP contribution is 2.33. The van der Waals surface area contributed by atoms with E-state index in [4.69, 9.17) is 28.3 Å². The van der Waals surface area contributed by atoms with Crippen LogP contribution < -0.4 is 5.14 Å². The van der Waals surface area contributed by atoms with Crippen molar-refractivity contribution in [2.45, 2.75) is 4.90 Å². The van der Waals surface area contributed by atoms with Crippen LogP contribution in [0.5, 0.6) is 0 Å². The first-order valence-electron chi connectivity index (χ1n) is 3.54. The van der Waals surface area contributed by atoms with E-state index in [1.807, 2.05) is 0 Å². The molecule has 2 rings (SSSR count). The van der Waals surface area contributed by atoms with Crippen LogP contribution in [0.2, 0.25) is 10.0 Å². The van der Waals surface area contributed by atoms with E-state index in [1.54, 1.807) is 0 Å². The zero-order valence-corrected chi connectivity index (χ0v) is 10.1. The summed E-state index contributed by atoms with van der Waals surface area (Å²) in [5, 5.41) is 5.21. The van der Waals surface area contributed by atoms with E-state index in [-0.39, 0.29) is 26.0 Å². The van der Waals surface area contributed by atoms with Gasteiger partial charge in [-0.25, -0.2) is 13.6 Å². The Bertz CT molecular complexity index is 637. The number of hydrogen-bond donors (Lipinski definition) is 1. The molecule has 0 atom stereocenters. The summed E-state index contributed by atoms with van der Waals surface area (Å²) in [5.74, 6) is 0. The van der Waals surface area contributed by atoms with Gasteiger partial charge in [-0.15, -0.1) is 0 Å². The summed E-state index contributed by atoms with van der Waals surface area (Å²) in [6.07, 6.45) is 0. The minimum absolute atomic E-state index is 0.0531. The van der Waals surface area contributed by atoms with Gasteiger partial charge in [0.25, 0.3) is 0 Å². The van der Waals surface area contributed by atoms with E-state index in [0.717, 1.165) is 11.7 Å². The largest absolute Gasteiger partial charge is 0.241 e. The molecule has 0 spiro atoms. The van der Waals surface area contributed by atoms with Crippen LogP contribution in [0.25, 0.3) is 11.0 Å². The zero-order chi connectivity index (χ0) is 11.2. The van der Waals surface area contributed by atoms with Crippen molar-refractivity contribution in [2.75, 3.05) is 0 Å². The lowest BCUT2D eigenvalue weighted by Gasteiger charge is -2.02. The lowest BCUT2D eigenvalue weighted by molar-refractivity contribution is 0.598. The van der Waals surface area contributed by atoms with Gasteiger partial charge in [0.1, 0.15) is 15.9 Å². The fraction of sp³-hybridized carbons (Fsp3) is 0. The molecule has 1 aromatic heterocycles. The summed E-state index contributed by atoms with van der Waals surface area (Å²) in [6.45, 7) is 0. The van der Waals surface area contributed by atoms with Crippen LogP contribution in [0.4, 0.5) is 0 Å². The Morgan fingerprint density at radius 1 is 1.20 bits per heavy atom. The molecule has 0 bridgehead atoms. The Balaban J connectivity index is 3.02. The lowest BCUT2D eigenvalue weighted by atomic mass is 10.3. The molecule has 5 nitrogen and oxygen atoms in total. The number of sulfonamides is 1. The third-order valence-corrected chi connectivity index (χ3v) is 3.89. The number of benzene rings is 1. The Kier molecular flexibility index (Phi) is 2.60. The van der Waals surface area contributed by atoms with E-state index >= 15 is 0 Å². The number of hydrogen-bond acceptors (Lipinski definition) is 5. The first kappa shape index (κ1) is 11.0. The molecular formula is C6H3Cl2N3O2S2. The molecule has 15 heavy (non-hydrogen) atoms. The molecule has 0 aliphatic rings. The average molecular weight is 284 g/mol. The maximum absolute atomic E-state index is 11.3. The Morgan fingerprint density at radius 2 is 1.80 bits per heavy atom. The second-order valence-electron chi connectivity index (χ2n) is 2.68. The molecule has 0 aliphatic carbocycles. The highest BCUT2D eigenvalue weighted by atomic mass is 35.5. The summed E-state index contributed by atoms with van der Waals surface area (Å²) in [7, 11) is -3.93. The van der Waals surface area contributed by atoms with E-state index in [2.05, 4.69) is 8.75 Å². The number of fused-ring (bicyclic) bond motifs is 1. The van der Waals surface area contributed by atoms with E-state index in [0.29, 0.717) is 0 Å². The third-order valence-electron chi connectivity index (χ3n) is 1.68. The minimum atomic E-state index is -3.93. The maximum Gasteiger partial charge on any atom is 0.241 e. The number of nitrogens with zero attached hydrogens (tertiary/aromatic N) is 2. The monoisotopic (exact) mass is 283 g/mol. The van der Waals surface area contributed by atoms with Gasteiger partial charge in [-0.05, 0) is 6.07 Å². The van der Waals surface area contributed by atoms with Gasteiger partial charge in [0.2, 0.25) is 10.0 Å². The van der Waals surface area contributed by atoms with Crippen molar-refractivity contribution >= 4 is 56.0 Å². The number of halogens is 2. The van der Waals surface area contributed by atoms with Gasteiger partial charge in [-0.2, -0.15) is 8.75 Å². The van der Waals surface area contributed by atoms with Crippen LogP contribution in [-0.2, 0) is 10.0 Å². The predicted molar refractivity (Wildman–Crippen MR) is 58.8 cm³/mol. The Hall–Kier alpha value is -0.470. The summed E-state index contributed by atoms with van der Waals surface area (Å²) in [6, 6.07) is 1.28. The van der Waals surface area contributed by atoms with Crippen LogP contribution in [0, 0.1) is 0 Å². The molecule has 0 fully saturated rings. The van der Waals surface area contributed by atoms with Crippen molar-refractivity contribution in [1.29, 1.82) is 0 Å². The second kappa shape index (κ2) is 3.53. The molecule has 2 N–H and O–H groups in total. The van der Waals surface area contributed by atoms with Gasteiger partial charge < -0.3 is 0 Å². The lowest BCUT2D eigenvalue weighted by Crippen LogP contribution is -2.13. The molecular weight excluding hydrogens is 281 g/mol. The topological polar surface area (TPSA) is 85.9 Å². The molecule has 2 aromatic rings. The first-order valence-corrected chi connectivity index (χ1v) is 6.57. The summed E-state index contributed by atoms with van der Waals surface area (Å²) >= 11 is 12.4. The minimum Gasteiger partial charge on any atom is -0.225 e. The van der Waals surface area contributed by atoms with Gasteiger partial charge >= 0.3 is 0 Å². The van der Waals surface area contributed by atoms with Crippen molar-refractivity contribution < 1.29 is 8.42 Å². The summed E-state index contributed by atoms with van der Waals surface area (Å²) in [4.78, 5) is -0.239. The van der Waals surface area contributed by atoms with Crippen LogP contribution in [-0.4, -0.2) is 17.2 Å². The van der Waals surface area contributed by atoms with Crippen molar-refractivity contribution in [2.24, 2.45) is 5.14 Å². The molecule has 0 radical (unpaired) electrons. The summed E-state index contributed by atoms with van der Waals surface area (Å²) in [5.41, 5.74) is 0.398. The van der Waals surface area contributed by atoms with Crippen LogP contribution >= 0.6 is 34.9 Å². The molecule has 80 valence electrons. The normalized spacial score (nSPS) is 12.2. The number of aromatic nitrogens is 2. The Morgan fingerprint density at radius 3 is 2.40 bits per heavy atom. The zero-order valence-electron chi connectivity index (χ0n) is 6.94. The highest BCUT2D eigenvalue weighted by Gasteiger charge is 2.21. The molecule has 0 aliphatic heterocycles. The predicted octanol–water partition coefficient (Wildman–Crippen LogP) is 1.65. The second-order valence-corrected chi connectivity index (χ2v) is 5.52. The number of nitrogens with two attached hydrogens (primary N) is 1. The van der Waals surface area contributed by atoms with Crippen molar-refractivity contribution in [3.05, 3.63) is 16.1 Å². The van der Waals surface area contributed by atoms with Crippen molar-refractivity contribution in [3.63, 3.8) is 0 Å². The molecule has 0 unspecified atom stereocenters. The molecule has 9 heteroatoms. The van der Waals surface area contributed by atoms with E-state index in [9.17, 15) is 8.42 Å². The van der Waals surface area contributed by atoms with Crippen LogP contribution in [0.3, 0.4) is 0 Å². The average Bonchev–Trinajstić information content (AvgIpc) is 2.49. The van der Waals surface area contributed by atoms with E-state index in [1.165, 1.54) is 6.07 Å². The fourth-order valence-corrected chi connectivity index (χ4v) is 3.36. The van der Waals surface area contributed by atoms with Gasteiger partial charge in [-0.3, -0.25) is 0 Å². The van der Waals surface area contributed by atoms with Crippen molar-refractivity contribution in [3.8, 4) is 0 Å². The highest BCUT2D eigenvalue weighted by molar-refractivity contribution is 7.89. The molecule has 1 heterocycles. The molecule has 0 saturated heterocycles. The van der Waals surface area contributed by atoms with Crippen LogP contribution in [0.15, 0.2) is 11.0 Å². The number of rotatable bonds is 1. The quantitative estimate of drug-likeness (QED) is 0.862. The van der Waals surface area contributed by atoms with E-state index < -0.39 is 10.0 Å². The molecule has 0 amide bonds. The SMILES string of the molecule is NS(=O)(=O)c1c(Cl)cc(Cl)c2nsnc12. The number of primary sulfonamides is 1. The van der Waals surface area contributed by atoms with Crippen molar-refractivity contribution in [1.82, 2.24) is 8.75 Å². The summed E-state index contributed by atoms with van der Waals surface area (Å²) < 4.78 is 30.2.